The Kier molecular flexibility index (Phi) is 6.34. The topological polar surface area (TPSA) is 18.5 Å². The van der Waals surface area contributed by atoms with E-state index in [9.17, 15) is 0 Å². The molecular weight excluding hydrogens is 234 g/mol. The standard InChI is InChI=1S/C16H33N3/c1-7-18(15(3)12-16(4,5)6)13-17-19-11-9-8-10-14(19)2/h14,17H,3,7-13H2,1-2,4-6H3. The third-order valence-electron chi connectivity index (χ3n) is 3.83. The van der Waals surface area contributed by atoms with Crippen LogP contribution in [0.4, 0.5) is 0 Å². The fraction of sp³-hybridized carbons (Fsp3) is 0.875. The molecule has 3 heteroatoms. The van der Waals surface area contributed by atoms with Crippen molar-refractivity contribution in [1.29, 1.82) is 0 Å². The molecule has 0 amide bonds. The van der Waals surface area contributed by atoms with Crippen molar-refractivity contribution in [2.45, 2.75) is 66.3 Å². The Balaban J connectivity index is 2.41. The number of nitrogens with one attached hydrogen (secondary N) is 1. The summed E-state index contributed by atoms with van der Waals surface area (Å²) in [5.41, 5.74) is 5.14. The van der Waals surface area contributed by atoms with Crippen LogP contribution in [0.1, 0.15) is 60.3 Å². The summed E-state index contributed by atoms with van der Waals surface area (Å²) in [4.78, 5) is 2.35. The maximum absolute atomic E-state index is 4.26. The second-order valence-electron chi connectivity index (χ2n) is 7.01. The molecule has 0 bridgehead atoms. The van der Waals surface area contributed by atoms with Crippen LogP contribution < -0.4 is 5.43 Å². The van der Waals surface area contributed by atoms with Crippen LogP contribution in [0.3, 0.4) is 0 Å². The normalized spacial score (nSPS) is 21.4. The lowest BCUT2D eigenvalue weighted by Crippen LogP contribution is -2.50. The highest BCUT2D eigenvalue weighted by molar-refractivity contribution is 4.96. The molecule has 0 aromatic carbocycles. The van der Waals surface area contributed by atoms with E-state index in [0.29, 0.717) is 11.5 Å². The molecule has 0 spiro atoms. The molecule has 0 aliphatic carbocycles. The highest BCUT2D eigenvalue weighted by Crippen LogP contribution is 2.24. The molecule has 3 nitrogen and oxygen atoms in total. The lowest BCUT2D eigenvalue weighted by Gasteiger charge is -2.37. The van der Waals surface area contributed by atoms with Gasteiger partial charge in [0, 0.05) is 24.8 Å². The van der Waals surface area contributed by atoms with Gasteiger partial charge < -0.3 is 4.90 Å². The van der Waals surface area contributed by atoms with Crippen LogP contribution >= 0.6 is 0 Å². The Bertz CT molecular complexity index is 280. The van der Waals surface area contributed by atoms with Crippen LogP contribution in [-0.2, 0) is 0 Å². The summed E-state index contributed by atoms with van der Waals surface area (Å²) in [5.74, 6) is 0. The smallest absolute Gasteiger partial charge is 0.0809 e. The van der Waals surface area contributed by atoms with E-state index >= 15 is 0 Å². The number of rotatable bonds is 6. The number of allylic oxidation sites excluding steroid dienone is 1. The number of hydrazine groups is 1. The Hall–Kier alpha value is -0.540. The van der Waals surface area contributed by atoms with Gasteiger partial charge >= 0.3 is 0 Å². The fourth-order valence-electron chi connectivity index (χ4n) is 2.68. The molecule has 1 fully saturated rings. The summed E-state index contributed by atoms with van der Waals surface area (Å²) < 4.78 is 0. The van der Waals surface area contributed by atoms with Gasteiger partial charge in [0.2, 0.25) is 0 Å². The van der Waals surface area contributed by atoms with Gasteiger partial charge in [-0.15, -0.1) is 0 Å². The van der Waals surface area contributed by atoms with E-state index in [1.807, 2.05) is 0 Å². The summed E-state index contributed by atoms with van der Waals surface area (Å²) in [7, 11) is 0. The monoisotopic (exact) mass is 267 g/mol. The first-order valence-corrected chi connectivity index (χ1v) is 7.76. The van der Waals surface area contributed by atoms with Crippen LogP contribution in [0.2, 0.25) is 0 Å². The van der Waals surface area contributed by atoms with Gasteiger partial charge in [-0.05, 0) is 38.5 Å². The van der Waals surface area contributed by atoms with Crippen LogP contribution in [0, 0.1) is 5.41 Å². The molecule has 1 heterocycles. The molecule has 0 aromatic heterocycles. The minimum absolute atomic E-state index is 0.308. The number of hydrogen-bond donors (Lipinski definition) is 1. The molecule has 0 radical (unpaired) electrons. The lowest BCUT2D eigenvalue weighted by atomic mass is 9.90. The molecule has 19 heavy (non-hydrogen) atoms. The van der Waals surface area contributed by atoms with E-state index < -0.39 is 0 Å². The molecular formula is C16H33N3. The van der Waals surface area contributed by atoms with E-state index in [1.165, 1.54) is 31.5 Å². The maximum Gasteiger partial charge on any atom is 0.0809 e. The summed E-state index contributed by atoms with van der Waals surface area (Å²) >= 11 is 0. The molecule has 1 aliphatic rings. The van der Waals surface area contributed by atoms with Gasteiger partial charge in [0.1, 0.15) is 0 Å². The molecule has 112 valence electrons. The molecule has 1 aliphatic heterocycles. The number of nitrogens with zero attached hydrogens (tertiary/aromatic N) is 2. The Morgan fingerprint density at radius 1 is 1.37 bits per heavy atom. The summed E-state index contributed by atoms with van der Waals surface area (Å²) in [5, 5.41) is 2.40. The minimum Gasteiger partial charge on any atom is -0.362 e. The van der Waals surface area contributed by atoms with Crippen molar-refractivity contribution in [3.63, 3.8) is 0 Å². The van der Waals surface area contributed by atoms with Crippen molar-refractivity contribution in [3.05, 3.63) is 12.3 Å². The zero-order valence-electron chi connectivity index (χ0n) is 13.6. The van der Waals surface area contributed by atoms with Crippen molar-refractivity contribution in [3.8, 4) is 0 Å². The number of hydrogen-bond acceptors (Lipinski definition) is 3. The van der Waals surface area contributed by atoms with Gasteiger partial charge in [-0.1, -0.05) is 33.8 Å². The van der Waals surface area contributed by atoms with Crippen LogP contribution in [0.15, 0.2) is 12.3 Å². The van der Waals surface area contributed by atoms with Crippen LogP contribution in [-0.4, -0.2) is 35.7 Å². The molecule has 1 atom stereocenters. The summed E-state index contributed by atoms with van der Waals surface area (Å²) in [6, 6.07) is 0.656. The summed E-state index contributed by atoms with van der Waals surface area (Å²) in [6.07, 6.45) is 5.04. The SMILES string of the molecule is C=C(CC(C)(C)C)N(CC)CNN1CCCCC1C. The average molecular weight is 267 g/mol. The number of piperidine rings is 1. The fourth-order valence-corrected chi connectivity index (χ4v) is 2.68. The first-order chi connectivity index (χ1) is 8.83. The summed E-state index contributed by atoms with van der Waals surface area (Å²) in [6.45, 7) is 18.7. The maximum atomic E-state index is 4.26. The Labute approximate surface area is 120 Å². The second kappa shape index (κ2) is 7.30. The van der Waals surface area contributed by atoms with Gasteiger partial charge in [-0.3, -0.25) is 0 Å². The van der Waals surface area contributed by atoms with Crippen LogP contribution in [0.5, 0.6) is 0 Å². The van der Waals surface area contributed by atoms with Gasteiger partial charge in [-0.2, -0.15) is 0 Å². The first kappa shape index (κ1) is 16.5. The van der Waals surface area contributed by atoms with E-state index in [4.69, 9.17) is 0 Å². The van der Waals surface area contributed by atoms with Gasteiger partial charge in [0.25, 0.3) is 0 Å². The van der Waals surface area contributed by atoms with Crippen molar-refractivity contribution in [1.82, 2.24) is 15.3 Å². The highest BCUT2D eigenvalue weighted by atomic mass is 15.6. The third kappa shape index (κ3) is 5.96. The molecule has 0 aromatic rings. The largest absolute Gasteiger partial charge is 0.362 e. The van der Waals surface area contributed by atoms with Gasteiger partial charge in [-0.25, -0.2) is 10.4 Å². The van der Waals surface area contributed by atoms with Gasteiger partial charge in [0.05, 0.1) is 6.67 Å². The quantitative estimate of drug-likeness (QED) is 0.742. The first-order valence-electron chi connectivity index (χ1n) is 7.76. The van der Waals surface area contributed by atoms with Crippen molar-refractivity contribution in [2.24, 2.45) is 5.41 Å². The predicted molar refractivity (Wildman–Crippen MR) is 83.6 cm³/mol. The molecule has 1 N–H and O–H groups in total. The third-order valence-corrected chi connectivity index (χ3v) is 3.83. The van der Waals surface area contributed by atoms with Crippen molar-refractivity contribution >= 4 is 0 Å². The highest BCUT2D eigenvalue weighted by Gasteiger charge is 2.19. The van der Waals surface area contributed by atoms with E-state index in [0.717, 1.165) is 19.6 Å². The molecule has 1 saturated heterocycles. The Morgan fingerprint density at radius 2 is 2.05 bits per heavy atom. The molecule has 1 rings (SSSR count). The molecule has 0 saturated carbocycles. The lowest BCUT2D eigenvalue weighted by molar-refractivity contribution is 0.0715. The zero-order valence-corrected chi connectivity index (χ0v) is 13.6. The van der Waals surface area contributed by atoms with E-state index in [2.05, 4.69) is 56.5 Å². The van der Waals surface area contributed by atoms with E-state index in [1.54, 1.807) is 0 Å². The average Bonchev–Trinajstić information content (AvgIpc) is 2.29. The molecule has 1 unspecified atom stereocenters. The zero-order chi connectivity index (χ0) is 14.5. The minimum atomic E-state index is 0.308. The van der Waals surface area contributed by atoms with Crippen LogP contribution in [0.25, 0.3) is 0 Å². The second-order valence-corrected chi connectivity index (χ2v) is 7.01. The predicted octanol–water partition coefficient (Wildman–Crippen LogP) is 3.59. The van der Waals surface area contributed by atoms with Crippen molar-refractivity contribution < 1.29 is 0 Å². The van der Waals surface area contributed by atoms with Crippen molar-refractivity contribution in [2.75, 3.05) is 19.8 Å². The van der Waals surface area contributed by atoms with Gasteiger partial charge in [0.15, 0.2) is 0 Å². The van der Waals surface area contributed by atoms with E-state index in [-0.39, 0.29) is 0 Å². The Morgan fingerprint density at radius 3 is 2.58 bits per heavy atom.